The Bertz CT molecular complexity index is 1010. The van der Waals surface area contributed by atoms with Crippen LogP contribution in [0.2, 0.25) is 0 Å². The van der Waals surface area contributed by atoms with E-state index in [1.165, 1.54) is 11.6 Å². The fourth-order valence-electron chi connectivity index (χ4n) is 3.53. The lowest BCUT2D eigenvalue weighted by molar-refractivity contribution is -0.122. The molecule has 27 heavy (non-hydrogen) atoms. The average molecular weight is 362 g/mol. The second kappa shape index (κ2) is 8.21. The Morgan fingerprint density at radius 2 is 1.85 bits per heavy atom. The molecule has 4 nitrogen and oxygen atoms in total. The second-order valence-electron chi connectivity index (χ2n) is 7.28. The molecular formula is C23H26N2O2. The molecule has 0 aliphatic carbocycles. The van der Waals surface area contributed by atoms with Crippen molar-refractivity contribution in [1.82, 2.24) is 9.88 Å². The van der Waals surface area contributed by atoms with Crippen molar-refractivity contribution in [3.8, 4) is 0 Å². The molecule has 4 heteroatoms. The summed E-state index contributed by atoms with van der Waals surface area (Å²) in [7, 11) is 0. The lowest BCUT2D eigenvalue weighted by atomic mass is 10.1. The number of carbonyl (C=O) groups is 1. The Morgan fingerprint density at radius 3 is 2.59 bits per heavy atom. The molecular weight excluding hydrogens is 336 g/mol. The van der Waals surface area contributed by atoms with Crippen LogP contribution < -0.4 is 10.7 Å². The average Bonchev–Trinajstić information content (AvgIpc) is 2.62. The molecule has 3 aromatic rings. The standard InChI is InChI=1S/C23H26N2O2/c1-16-13-17(2)23-20(14-16)25(12-11-21(23)26)15-22(27)24-18(3)9-10-19-7-5-4-6-8-19/h4-8,11-14,18H,9-10,15H2,1-3H3,(H,24,27). The molecule has 0 aliphatic rings. The van der Waals surface area contributed by atoms with E-state index in [4.69, 9.17) is 0 Å². The minimum atomic E-state index is -0.0420. The molecule has 1 heterocycles. The Labute approximate surface area is 159 Å². The number of fused-ring (bicyclic) bond motifs is 1. The molecule has 1 unspecified atom stereocenters. The predicted octanol–water partition coefficient (Wildman–Crippen LogP) is 3.76. The van der Waals surface area contributed by atoms with Gasteiger partial charge in [-0.25, -0.2) is 0 Å². The van der Waals surface area contributed by atoms with Gasteiger partial charge in [0.25, 0.3) is 0 Å². The number of nitrogens with one attached hydrogen (secondary N) is 1. The summed E-state index contributed by atoms with van der Waals surface area (Å²) in [6.45, 7) is 6.17. The molecule has 1 aromatic heterocycles. The SMILES string of the molecule is Cc1cc(C)c2c(=O)ccn(CC(=O)NC(C)CCc3ccccc3)c2c1. The van der Waals surface area contributed by atoms with Crippen molar-refractivity contribution >= 4 is 16.8 Å². The van der Waals surface area contributed by atoms with Gasteiger partial charge >= 0.3 is 0 Å². The molecule has 140 valence electrons. The van der Waals surface area contributed by atoms with E-state index in [-0.39, 0.29) is 23.9 Å². The zero-order valence-electron chi connectivity index (χ0n) is 16.2. The van der Waals surface area contributed by atoms with Crippen LogP contribution in [0.15, 0.2) is 59.5 Å². The summed E-state index contributed by atoms with van der Waals surface area (Å²) in [5.74, 6) is -0.0420. The lowest BCUT2D eigenvalue weighted by Crippen LogP contribution is -2.35. The Morgan fingerprint density at radius 1 is 1.11 bits per heavy atom. The van der Waals surface area contributed by atoms with Gasteiger partial charge in [-0.15, -0.1) is 0 Å². The molecule has 0 fully saturated rings. The Hall–Kier alpha value is -2.88. The Kier molecular flexibility index (Phi) is 5.75. The van der Waals surface area contributed by atoms with Gasteiger partial charge in [0.15, 0.2) is 5.43 Å². The number of amides is 1. The van der Waals surface area contributed by atoms with Crippen LogP contribution in [0.3, 0.4) is 0 Å². The lowest BCUT2D eigenvalue weighted by Gasteiger charge is -2.16. The molecule has 1 N–H and O–H groups in total. The van der Waals surface area contributed by atoms with Gasteiger partial charge in [-0.2, -0.15) is 0 Å². The molecule has 0 saturated carbocycles. The quantitative estimate of drug-likeness (QED) is 0.726. The normalized spacial score (nSPS) is 12.1. The van der Waals surface area contributed by atoms with E-state index in [0.717, 1.165) is 29.5 Å². The largest absolute Gasteiger partial charge is 0.352 e. The number of hydrogen-bond acceptors (Lipinski definition) is 2. The van der Waals surface area contributed by atoms with Crippen LogP contribution in [0.5, 0.6) is 0 Å². The summed E-state index contributed by atoms with van der Waals surface area (Å²) in [6.07, 6.45) is 3.53. The van der Waals surface area contributed by atoms with E-state index in [9.17, 15) is 9.59 Å². The molecule has 0 aliphatic heterocycles. The van der Waals surface area contributed by atoms with Crippen LogP contribution in [-0.2, 0) is 17.8 Å². The van der Waals surface area contributed by atoms with E-state index in [1.54, 1.807) is 6.20 Å². The predicted molar refractivity (Wildman–Crippen MR) is 110 cm³/mol. The van der Waals surface area contributed by atoms with Crippen molar-refractivity contribution in [1.29, 1.82) is 0 Å². The van der Waals surface area contributed by atoms with Crippen LogP contribution in [-0.4, -0.2) is 16.5 Å². The highest BCUT2D eigenvalue weighted by Gasteiger charge is 2.12. The number of benzene rings is 2. The number of carbonyl (C=O) groups excluding carboxylic acids is 1. The fourth-order valence-corrected chi connectivity index (χ4v) is 3.53. The molecule has 0 bridgehead atoms. The first kappa shape index (κ1) is 18.9. The van der Waals surface area contributed by atoms with Crippen LogP contribution in [0.4, 0.5) is 0 Å². The summed E-state index contributed by atoms with van der Waals surface area (Å²) < 4.78 is 1.86. The second-order valence-corrected chi connectivity index (χ2v) is 7.28. The summed E-state index contributed by atoms with van der Waals surface area (Å²) in [6, 6.07) is 15.9. The molecule has 1 atom stereocenters. The first-order chi connectivity index (χ1) is 12.9. The van der Waals surface area contributed by atoms with Gasteiger partial charge in [-0.1, -0.05) is 36.4 Å². The number of hydrogen-bond donors (Lipinski definition) is 1. The van der Waals surface area contributed by atoms with E-state index < -0.39 is 0 Å². The van der Waals surface area contributed by atoms with E-state index in [0.29, 0.717) is 5.39 Å². The topological polar surface area (TPSA) is 51.1 Å². The van der Waals surface area contributed by atoms with Crippen LogP contribution in [0, 0.1) is 13.8 Å². The number of rotatable bonds is 6. The van der Waals surface area contributed by atoms with Crippen molar-refractivity contribution in [3.05, 3.63) is 81.6 Å². The molecule has 0 radical (unpaired) electrons. The third-order valence-corrected chi connectivity index (χ3v) is 4.85. The van der Waals surface area contributed by atoms with Crippen molar-refractivity contribution in [2.75, 3.05) is 0 Å². The van der Waals surface area contributed by atoms with Crippen molar-refractivity contribution in [3.63, 3.8) is 0 Å². The van der Waals surface area contributed by atoms with E-state index >= 15 is 0 Å². The minimum absolute atomic E-state index is 0.00427. The smallest absolute Gasteiger partial charge is 0.240 e. The number of nitrogens with zero attached hydrogens (tertiary/aromatic N) is 1. The minimum Gasteiger partial charge on any atom is -0.352 e. The monoisotopic (exact) mass is 362 g/mol. The van der Waals surface area contributed by atoms with Crippen molar-refractivity contribution < 1.29 is 4.79 Å². The molecule has 0 saturated heterocycles. The van der Waals surface area contributed by atoms with Gasteiger partial charge in [0.2, 0.25) is 5.91 Å². The highest BCUT2D eigenvalue weighted by molar-refractivity contribution is 5.85. The zero-order valence-corrected chi connectivity index (χ0v) is 16.2. The molecule has 0 spiro atoms. The molecule has 3 rings (SSSR count). The van der Waals surface area contributed by atoms with Gasteiger partial charge in [0.1, 0.15) is 6.54 Å². The number of aryl methyl sites for hydroxylation is 3. The van der Waals surface area contributed by atoms with Gasteiger partial charge in [0, 0.05) is 23.7 Å². The third-order valence-electron chi connectivity index (χ3n) is 4.85. The zero-order chi connectivity index (χ0) is 19.4. The summed E-state index contributed by atoms with van der Waals surface area (Å²) in [5.41, 5.74) is 4.11. The highest BCUT2D eigenvalue weighted by Crippen LogP contribution is 2.17. The maximum absolute atomic E-state index is 12.5. The van der Waals surface area contributed by atoms with E-state index in [2.05, 4.69) is 17.4 Å². The molecule has 2 aromatic carbocycles. The van der Waals surface area contributed by atoms with Gasteiger partial charge < -0.3 is 9.88 Å². The summed E-state index contributed by atoms with van der Waals surface area (Å²) >= 11 is 0. The van der Waals surface area contributed by atoms with Crippen molar-refractivity contribution in [2.45, 2.75) is 46.2 Å². The summed E-state index contributed by atoms with van der Waals surface area (Å²) in [4.78, 5) is 24.8. The highest BCUT2D eigenvalue weighted by atomic mass is 16.2. The van der Waals surface area contributed by atoms with Gasteiger partial charge in [0.05, 0.1) is 5.52 Å². The van der Waals surface area contributed by atoms with Crippen LogP contribution in [0.1, 0.15) is 30.0 Å². The van der Waals surface area contributed by atoms with E-state index in [1.807, 2.05) is 55.7 Å². The van der Waals surface area contributed by atoms with Crippen molar-refractivity contribution in [2.24, 2.45) is 0 Å². The number of aromatic nitrogens is 1. The van der Waals surface area contributed by atoms with Crippen LogP contribution >= 0.6 is 0 Å². The summed E-state index contributed by atoms with van der Waals surface area (Å²) in [5, 5.41) is 3.76. The van der Waals surface area contributed by atoms with Crippen LogP contribution in [0.25, 0.3) is 10.9 Å². The molecule has 1 amide bonds. The maximum atomic E-state index is 12.5. The maximum Gasteiger partial charge on any atom is 0.240 e. The third kappa shape index (κ3) is 4.64. The first-order valence-electron chi connectivity index (χ1n) is 9.38. The first-order valence-corrected chi connectivity index (χ1v) is 9.38. The Balaban J connectivity index is 1.69. The van der Waals surface area contributed by atoms with Gasteiger partial charge in [-0.05, 0) is 56.4 Å². The van der Waals surface area contributed by atoms with Gasteiger partial charge in [-0.3, -0.25) is 9.59 Å². The number of pyridine rings is 1. The fraction of sp³-hybridized carbons (Fsp3) is 0.304.